The first-order valence-corrected chi connectivity index (χ1v) is 1.41. The molecule has 0 fully saturated rings. The van der Waals surface area contributed by atoms with Crippen LogP contribution in [0.2, 0.25) is 0 Å². The van der Waals surface area contributed by atoms with Crippen molar-refractivity contribution in [2.45, 2.75) is 13.8 Å². The standard InChI is InChI=1S/2C2H5.CH3.3W/c2*1-2;;;;/h2*1H2,2H3;1H3;;;/q3*-1;;;+2. The molecule has 0 saturated carbocycles. The maximum atomic E-state index is 3.25. The molecule has 0 rings (SSSR count). The molecule has 0 N–H and O–H groups in total. The monoisotopic (exact) mass is 625 g/mol. The molecule has 0 bridgehead atoms. The van der Waals surface area contributed by atoms with Crippen molar-refractivity contribution in [3.05, 3.63) is 21.3 Å². The topological polar surface area (TPSA) is 0 Å². The van der Waals surface area contributed by atoms with E-state index in [4.69, 9.17) is 0 Å². The second kappa shape index (κ2) is 138. The molecule has 0 nitrogen and oxygen atoms in total. The average molecular weight is 625 g/mol. The molecule has 0 atom stereocenters. The Morgan fingerprint density at radius 1 is 0.750 bits per heavy atom. The maximum absolute atomic E-state index is 3.25. The summed E-state index contributed by atoms with van der Waals surface area (Å²) in [5.41, 5.74) is 0. The molecule has 0 aliphatic rings. The Labute approximate surface area is 97.4 Å². The Morgan fingerprint density at radius 3 is 0.750 bits per heavy atom. The van der Waals surface area contributed by atoms with E-state index in [-0.39, 0.29) is 70.6 Å². The SMILES string of the molecule is [CH2-]C.[CH2-]C.[CH3-].[W+2].[W].[W]. The van der Waals surface area contributed by atoms with E-state index >= 15 is 0 Å². The molecule has 8 heavy (non-hydrogen) atoms. The van der Waals surface area contributed by atoms with Crippen LogP contribution in [0.1, 0.15) is 13.8 Å². The summed E-state index contributed by atoms with van der Waals surface area (Å²) < 4.78 is 0. The van der Waals surface area contributed by atoms with Gasteiger partial charge in [-0.15, -0.1) is 0 Å². The van der Waals surface area contributed by atoms with Crippen molar-refractivity contribution in [1.82, 2.24) is 0 Å². The zero-order chi connectivity index (χ0) is 4.00. The van der Waals surface area contributed by atoms with Gasteiger partial charge in [0, 0.05) is 42.1 Å². The van der Waals surface area contributed by atoms with Gasteiger partial charge in [-0.3, -0.25) is 0 Å². The Morgan fingerprint density at radius 2 is 0.750 bits per heavy atom. The Balaban J connectivity index is -0.00000000167. The fourth-order valence-corrected chi connectivity index (χ4v) is 0. The van der Waals surface area contributed by atoms with Gasteiger partial charge in [0.25, 0.3) is 0 Å². The van der Waals surface area contributed by atoms with Crippen molar-refractivity contribution < 1.29 is 63.2 Å². The average Bonchev–Trinajstić information content (AvgIpc) is 1.50. The minimum atomic E-state index is 0. The van der Waals surface area contributed by atoms with Crippen LogP contribution in [-0.4, -0.2) is 0 Å². The van der Waals surface area contributed by atoms with Gasteiger partial charge in [-0.25, -0.2) is 0 Å². The van der Waals surface area contributed by atoms with E-state index in [2.05, 4.69) is 13.8 Å². The molecule has 0 aliphatic heterocycles. The van der Waals surface area contributed by atoms with Crippen molar-refractivity contribution in [1.29, 1.82) is 0 Å². The summed E-state index contributed by atoms with van der Waals surface area (Å²) in [4.78, 5) is 0. The van der Waals surface area contributed by atoms with Crippen molar-refractivity contribution in [3.8, 4) is 0 Å². The minimum Gasteiger partial charge on any atom is -0.358 e. The van der Waals surface area contributed by atoms with Crippen molar-refractivity contribution in [2.24, 2.45) is 0 Å². The molecular weight excluding hydrogens is 612 g/mol. The normalized spacial score (nSPS) is 1.50. The van der Waals surface area contributed by atoms with E-state index in [9.17, 15) is 0 Å². The Hall–Kier alpha value is 2.06. The molecule has 0 saturated heterocycles. The number of hydrogen-bond donors (Lipinski definition) is 0. The van der Waals surface area contributed by atoms with Crippen LogP contribution in [0, 0.1) is 21.3 Å². The van der Waals surface area contributed by atoms with Crippen molar-refractivity contribution in [3.63, 3.8) is 0 Å². The van der Waals surface area contributed by atoms with E-state index in [0.717, 1.165) is 0 Å². The van der Waals surface area contributed by atoms with Crippen LogP contribution in [-0.2, 0) is 63.2 Å². The zero-order valence-corrected chi connectivity index (χ0v) is 14.4. The summed E-state index contributed by atoms with van der Waals surface area (Å²) in [6.07, 6.45) is 0. The predicted molar refractivity (Wildman–Crippen MR) is 28.5 cm³/mol. The third kappa shape index (κ3) is 94.4. The van der Waals surface area contributed by atoms with Gasteiger partial charge in [-0.2, -0.15) is 13.8 Å². The zero-order valence-electron chi connectivity index (χ0n) is 5.64. The van der Waals surface area contributed by atoms with Gasteiger partial charge in [0.15, 0.2) is 0 Å². The molecule has 0 spiro atoms. The number of rotatable bonds is 0. The first-order valence-electron chi connectivity index (χ1n) is 1.41. The van der Waals surface area contributed by atoms with Crippen LogP contribution in [0.5, 0.6) is 0 Å². The molecule has 0 aromatic rings. The van der Waals surface area contributed by atoms with Gasteiger partial charge < -0.3 is 21.3 Å². The summed E-state index contributed by atoms with van der Waals surface area (Å²) in [6.45, 7) is 10.0. The molecule has 0 heterocycles. The summed E-state index contributed by atoms with van der Waals surface area (Å²) in [6, 6.07) is 0. The third-order valence-electron chi connectivity index (χ3n) is 0. The molecule has 0 aromatic carbocycles. The predicted octanol–water partition coefficient (Wildman–Crippen LogP) is 2.12. The van der Waals surface area contributed by atoms with Gasteiger partial charge in [0.05, 0.1) is 0 Å². The smallest absolute Gasteiger partial charge is 0.358 e. The Kier molecular flexibility index (Phi) is 865. The van der Waals surface area contributed by atoms with Crippen LogP contribution >= 0.6 is 0 Å². The summed E-state index contributed by atoms with van der Waals surface area (Å²) >= 11 is 0. The van der Waals surface area contributed by atoms with Crippen molar-refractivity contribution >= 4 is 0 Å². The minimum absolute atomic E-state index is 0. The van der Waals surface area contributed by atoms with Gasteiger partial charge >= 0.3 is 21.1 Å². The summed E-state index contributed by atoms with van der Waals surface area (Å²) in [5, 5.41) is 0. The van der Waals surface area contributed by atoms with Crippen LogP contribution in [0.15, 0.2) is 0 Å². The molecule has 0 aromatic heterocycles. The van der Waals surface area contributed by atoms with Gasteiger partial charge in [-0.1, -0.05) is 0 Å². The third-order valence-corrected chi connectivity index (χ3v) is 0. The van der Waals surface area contributed by atoms with E-state index in [1.54, 1.807) is 13.8 Å². The Bertz CT molecular complexity index is 7.64. The van der Waals surface area contributed by atoms with Gasteiger partial charge in [0.1, 0.15) is 0 Å². The first kappa shape index (κ1) is 50.1. The second-order valence-electron chi connectivity index (χ2n) is 0. The first-order chi connectivity index (χ1) is 2.00. The van der Waals surface area contributed by atoms with E-state index in [0.29, 0.717) is 0 Å². The van der Waals surface area contributed by atoms with Gasteiger partial charge in [0.2, 0.25) is 0 Å². The largest absolute Gasteiger partial charge is 2.00 e. The van der Waals surface area contributed by atoms with E-state index in [1.807, 2.05) is 0 Å². The van der Waals surface area contributed by atoms with Crippen molar-refractivity contribution in [2.75, 3.05) is 0 Å². The van der Waals surface area contributed by atoms with Gasteiger partial charge in [-0.05, 0) is 0 Å². The molecule has 0 unspecified atom stereocenters. The molecular formula is C5H13W3-. The summed E-state index contributed by atoms with van der Waals surface area (Å²) in [5.74, 6) is 0. The van der Waals surface area contributed by atoms with E-state index < -0.39 is 0 Å². The quantitative estimate of drug-likeness (QED) is 0.363. The molecule has 0 amide bonds. The molecule has 3 heteroatoms. The summed E-state index contributed by atoms with van der Waals surface area (Å²) in [7, 11) is 0. The maximum Gasteiger partial charge on any atom is 2.00 e. The molecule has 0 radical (unpaired) electrons. The van der Waals surface area contributed by atoms with Crippen LogP contribution in [0.25, 0.3) is 0 Å². The van der Waals surface area contributed by atoms with Crippen LogP contribution in [0.4, 0.5) is 0 Å². The molecule has 0 aliphatic carbocycles. The fraction of sp³-hybridized carbons (Fsp3) is 0.400. The fourth-order valence-electron chi connectivity index (χ4n) is 0. The van der Waals surface area contributed by atoms with Crippen LogP contribution < -0.4 is 0 Å². The van der Waals surface area contributed by atoms with E-state index in [1.165, 1.54) is 0 Å². The number of hydrogen-bond acceptors (Lipinski definition) is 0. The second-order valence-corrected chi connectivity index (χ2v) is 0. The molecule has 52 valence electrons. The van der Waals surface area contributed by atoms with Crippen LogP contribution in [0.3, 0.4) is 0 Å².